The molecule has 6 nitrogen and oxygen atoms in total. The molecule has 114 valence electrons. The first-order valence-electron chi connectivity index (χ1n) is 7.07. The Labute approximate surface area is 132 Å². The molecule has 0 bridgehead atoms. The molecule has 2 aromatic heterocycles. The molecule has 0 aliphatic heterocycles. The van der Waals surface area contributed by atoms with Gasteiger partial charge in [0, 0.05) is 12.1 Å². The predicted octanol–water partition coefficient (Wildman–Crippen LogP) is 2.64. The van der Waals surface area contributed by atoms with Crippen molar-refractivity contribution in [3.63, 3.8) is 0 Å². The van der Waals surface area contributed by atoms with E-state index in [0.717, 1.165) is 29.1 Å². The summed E-state index contributed by atoms with van der Waals surface area (Å²) in [7, 11) is 0. The number of alkyl halides is 1. The van der Waals surface area contributed by atoms with Crippen LogP contribution >= 0.6 is 11.6 Å². The average Bonchev–Trinajstić information content (AvgIpc) is 3.11. The first kappa shape index (κ1) is 14.7. The maximum atomic E-state index is 11.6. The molecule has 0 fully saturated rings. The van der Waals surface area contributed by atoms with Crippen LogP contribution in [-0.2, 0) is 19.0 Å². The van der Waals surface area contributed by atoms with Gasteiger partial charge in [-0.2, -0.15) is 0 Å². The highest BCUT2D eigenvalue weighted by molar-refractivity contribution is 6.16. The minimum Gasteiger partial charge on any atom is -0.321 e. The van der Waals surface area contributed by atoms with E-state index in [1.54, 1.807) is 19.2 Å². The highest BCUT2D eigenvalue weighted by Gasteiger charge is 2.14. The first-order valence-corrected chi connectivity index (χ1v) is 7.61. The molecule has 0 spiro atoms. The van der Waals surface area contributed by atoms with Crippen LogP contribution in [0.25, 0.3) is 11.0 Å². The largest absolute Gasteiger partial charge is 0.321 e. The number of ketones is 1. The van der Waals surface area contributed by atoms with Crippen molar-refractivity contribution in [1.29, 1.82) is 0 Å². The first-order chi connectivity index (χ1) is 10.6. The molecule has 0 unspecified atom stereocenters. The number of nitrogens with zero attached hydrogens (tertiary/aromatic N) is 5. The van der Waals surface area contributed by atoms with Crippen molar-refractivity contribution >= 4 is 28.4 Å². The van der Waals surface area contributed by atoms with E-state index >= 15 is 0 Å². The molecule has 0 radical (unpaired) electrons. The van der Waals surface area contributed by atoms with Crippen LogP contribution in [0, 0.1) is 0 Å². The van der Waals surface area contributed by atoms with Crippen molar-refractivity contribution in [2.24, 2.45) is 0 Å². The van der Waals surface area contributed by atoms with Crippen LogP contribution in [0.5, 0.6) is 0 Å². The molecule has 0 aliphatic rings. The molecule has 2 heterocycles. The minimum atomic E-state index is 0.0299. The molecule has 0 atom stereocenters. The summed E-state index contributed by atoms with van der Waals surface area (Å²) in [5.74, 6) is 1.10. The summed E-state index contributed by atoms with van der Waals surface area (Å²) in [6.45, 7) is 4.89. The lowest BCUT2D eigenvalue weighted by atomic mass is 10.1. The molecule has 7 heteroatoms. The fourth-order valence-corrected chi connectivity index (χ4v) is 2.70. The Morgan fingerprint density at radius 2 is 2.18 bits per heavy atom. The summed E-state index contributed by atoms with van der Waals surface area (Å²) >= 11 is 6.03. The quantitative estimate of drug-likeness (QED) is 0.536. The Morgan fingerprint density at radius 3 is 2.86 bits per heavy atom. The second-order valence-electron chi connectivity index (χ2n) is 5.05. The number of imidazole rings is 1. The monoisotopic (exact) mass is 317 g/mol. The Balaban J connectivity index is 2.13. The zero-order chi connectivity index (χ0) is 15.7. The number of fused-ring (bicyclic) bond motifs is 1. The van der Waals surface area contributed by atoms with Gasteiger partial charge in [-0.05, 0) is 32.0 Å². The van der Waals surface area contributed by atoms with E-state index in [1.807, 2.05) is 28.3 Å². The van der Waals surface area contributed by atoms with Gasteiger partial charge in [-0.15, -0.1) is 16.7 Å². The summed E-state index contributed by atoms with van der Waals surface area (Å²) in [6, 6.07) is 5.51. The lowest BCUT2D eigenvalue weighted by Crippen LogP contribution is -2.10. The molecule has 3 rings (SSSR count). The number of aryl methyl sites for hydroxylation is 1. The van der Waals surface area contributed by atoms with Gasteiger partial charge in [0.25, 0.3) is 0 Å². The molecule has 0 saturated heterocycles. The second kappa shape index (κ2) is 5.88. The zero-order valence-electron chi connectivity index (χ0n) is 12.5. The van der Waals surface area contributed by atoms with Crippen molar-refractivity contribution in [2.75, 3.05) is 0 Å². The highest BCUT2D eigenvalue weighted by Crippen LogP contribution is 2.21. The number of carbonyl (C=O) groups is 1. The highest BCUT2D eigenvalue weighted by atomic mass is 35.5. The van der Waals surface area contributed by atoms with Crippen LogP contribution in [-0.4, -0.2) is 30.3 Å². The van der Waals surface area contributed by atoms with Crippen LogP contribution in [0.3, 0.4) is 0 Å². The van der Waals surface area contributed by atoms with Crippen LogP contribution in [0.2, 0.25) is 0 Å². The third-order valence-electron chi connectivity index (χ3n) is 3.67. The zero-order valence-corrected chi connectivity index (χ0v) is 13.2. The van der Waals surface area contributed by atoms with Crippen molar-refractivity contribution in [3.05, 3.63) is 41.5 Å². The predicted molar refractivity (Wildman–Crippen MR) is 84.1 cm³/mol. The van der Waals surface area contributed by atoms with E-state index in [-0.39, 0.29) is 5.78 Å². The Hall–Kier alpha value is -2.21. The Bertz CT molecular complexity index is 836. The van der Waals surface area contributed by atoms with E-state index in [4.69, 9.17) is 11.6 Å². The van der Waals surface area contributed by atoms with Crippen LogP contribution in [0.1, 0.15) is 35.7 Å². The van der Waals surface area contributed by atoms with Gasteiger partial charge in [0.05, 0.1) is 35.3 Å². The van der Waals surface area contributed by atoms with Gasteiger partial charge in [-0.1, -0.05) is 5.21 Å². The van der Waals surface area contributed by atoms with Crippen molar-refractivity contribution in [1.82, 2.24) is 24.5 Å². The number of hydrogen-bond acceptors (Lipinski definition) is 4. The molecule has 0 N–H and O–H groups in total. The van der Waals surface area contributed by atoms with E-state index in [2.05, 4.69) is 15.3 Å². The number of Topliss-reactive ketones (excluding diaryl/α,β-unsaturated/α-hetero) is 1. The van der Waals surface area contributed by atoms with E-state index < -0.39 is 0 Å². The molecule has 3 aromatic rings. The fourth-order valence-electron chi connectivity index (χ4n) is 2.50. The normalized spacial score (nSPS) is 11.2. The maximum absolute atomic E-state index is 11.6. The maximum Gasteiger partial charge on any atom is 0.159 e. The molecule has 0 amide bonds. The molecule has 1 aromatic carbocycles. The van der Waals surface area contributed by atoms with Crippen molar-refractivity contribution in [3.8, 4) is 0 Å². The van der Waals surface area contributed by atoms with E-state index in [9.17, 15) is 4.79 Å². The third kappa shape index (κ3) is 2.50. The van der Waals surface area contributed by atoms with E-state index in [0.29, 0.717) is 18.0 Å². The van der Waals surface area contributed by atoms with Gasteiger partial charge in [0.1, 0.15) is 5.82 Å². The van der Waals surface area contributed by atoms with E-state index in [1.165, 1.54) is 0 Å². The summed E-state index contributed by atoms with van der Waals surface area (Å²) in [6.07, 6.45) is 1.74. The average molecular weight is 318 g/mol. The van der Waals surface area contributed by atoms with Gasteiger partial charge < -0.3 is 4.57 Å². The van der Waals surface area contributed by atoms with Crippen LogP contribution in [0.4, 0.5) is 0 Å². The fraction of sp³-hybridized carbons (Fsp3) is 0.333. The molecule has 22 heavy (non-hydrogen) atoms. The van der Waals surface area contributed by atoms with Crippen molar-refractivity contribution in [2.45, 2.75) is 32.8 Å². The third-order valence-corrected chi connectivity index (χ3v) is 3.91. The number of hydrogen-bond donors (Lipinski definition) is 0. The van der Waals surface area contributed by atoms with Gasteiger partial charge in [-0.25, -0.2) is 9.67 Å². The topological polar surface area (TPSA) is 65.6 Å². The Morgan fingerprint density at radius 1 is 1.36 bits per heavy atom. The summed E-state index contributed by atoms with van der Waals surface area (Å²) in [5, 5.41) is 7.99. The van der Waals surface area contributed by atoms with Gasteiger partial charge in [-0.3, -0.25) is 4.79 Å². The molecule has 0 aliphatic carbocycles. The van der Waals surface area contributed by atoms with Crippen LogP contribution < -0.4 is 0 Å². The summed E-state index contributed by atoms with van der Waals surface area (Å²) in [4.78, 5) is 16.2. The number of benzene rings is 1. The summed E-state index contributed by atoms with van der Waals surface area (Å²) in [5.41, 5.74) is 3.36. The molecule has 0 saturated carbocycles. The molecular weight excluding hydrogens is 302 g/mol. The molecular formula is C15H16ClN5O. The SMILES string of the molecule is CCn1nncc1Cn1c(CCl)nc2ccc(C(C)=O)cc21. The van der Waals surface area contributed by atoms with Crippen molar-refractivity contribution < 1.29 is 4.79 Å². The van der Waals surface area contributed by atoms with Gasteiger partial charge in [0.2, 0.25) is 0 Å². The minimum absolute atomic E-state index is 0.0299. The number of rotatable bonds is 5. The van der Waals surface area contributed by atoms with Gasteiger partial charge in [0.15, 0.2) is 5.78 Å². The number of halogens is 1. The second-order valence-corrected chi connectivity index (χ2v) is 5.32. The Kier molecular flexibility index (Phi) is 3.94. The summed E-state index contributed by atoms with van der Waals surface area (Å²) < 4.78 is 3.85. The standard InChI is InChI=1S/C15H16ClN5O/c1-3-21-12(8-17-19-21)9-20-14-6-11(10(2)22)4-5-13(14)18-15(20)7-16/h4-6,8H,3,7,9H2,1-2H3. The lowest BCUT2D eigenvalue weighted by Gasteiger charge is -2.09. The lowest BCUT2D eigenvalue weighted by molar-refractivity contribution is 0.101. The number of aromatic nitrogens is 5. The smallest absolute Gasteiger partial charge is 0.159 e. The van der Waals surface area contributed by atoms with Crippen LogP contribution in [0.15, 0.2) is 24.4 Å². The van der Waals surface area contributed by atoms with Gasteiger partial charge >= 0.3 is 0 Å². The number of carbonyl (C=O) groups excluding carboxylic acids is 1.